The van der Waals surface area contributed by atoms with Gasteiger partial charge in [-0.05, 0) is 38.8 Å². The van der Waals surface area contributed by atoms with Crippen LogP contribution in [-0.2, 0) is 4.79 Å². The van der Waals surface area contributed by atoms with Gasteiger partial charge in [-0.15, -0.1) is 0 Å². The zero-order valence-corrected chi connectivity index (χ0v) is 11.8. The first-order valence-corrected chi connectivity index (χ1v) is 6.67. The lowest BCUT2D eigenvalue weighted by Gasteiger charge is -2.19. The topological polar surface area (TPSA) is 41.1 Å². The summed E-state index contributed by atoms with van der Waals surface area (Å²) < 4.78 is 0. The standard InChI is InChI=1S/C15H24N2O/c1-5-8-12(3)16-15(18)13(4)17-14-10-7-6-9-11(14)2/h6-7,9-10,12-13,17H,5,8H2,1-4H3,(H,16,18). The Labute approximate surface area is 110 Å². The Kier molecular flexibility index (Phi) is 5.69. The lowest BCUT2D eigenvalue weighted by molar-refractivity contribution is -0.122. The maximum Gasteiger partial charge on any atom is 0.242 e. The summed E-state index contributed by atoms with van der Waals surface area (Å²) in [7, 11) is 0. The van der Waals surface area contributed by atoms with Gasteiger partial charge < -0.3 is 10.6 Å². The van der Waals surface area contributed by atoms with E-state index in [4.69, 9.17) is 0 Å². The summed E-state index contributed by atoms with van der Waals surface area (Å²) in [6.07, 6.45) is 2.10. The van der Waals surface area contributed by atoms with Crippen molar-refractivity contribution < 1.29 is 4.79 Å². The first kappa shape index (κ1) is 14.6. The first-order valence-electron chi connectivity index (χ1n) is 6.67. The first-order chi connectivity index (χ1) is 8.54. The highest BCUT2D eigenvalue weighted by molar-refractivity contribution is 5.84. The number of rotatable bonds is 6. The van der Waals surface area contributed by atoms with Crippen LogP contribution in [-0.4, -0.2) is 18.0 Å². The van der Waals surface area contributed by atoms with Crippen LogP contribution in [0.4, 0.5) is 5.69 Å². The van der Waals surface area contributed by atoms with Gasteiger partial charge in [-0.1, -0.05) is 31.5 Å². The van der Waals surface area contributed by atoms with Crippen molar-refractivity contribution in [3.63, 3.8) is 0 Å². The van der Waals surface area contributed by atoms with Crippen molar-refractivity contribution in [2.24, 2.45) is 0 Å². The largest absolute Gasteiger partial charge is 0.374 e. The Morgan fingerprint density at radius 2 is 1.94 bits per heavy atom. The molecule has 2 atom stereocenters. The summed E-state index contributed by atoms with van der Waals surface area (Å²) in [5.74, 6) is 0.0548. The quantitative estimate of drug-likeness (QED) is 0.812. The van der Waals surface area contributed by atoms with E-state index in [0.717, 1.165) is 24.1 Å². The van der Waals surface area contributed by atoms with Crippen molar-refractivity contribution >= 4 is 11.6 Å². The summed E-state index contributed by atoms with van der Waals surface area (Å²) in [5, 5.41) is 6.26. The van der Waals surface area contributed by atoms with E-state index in [-0.39, 0.29) is 18.0 Å². The third kappa shape index (κ3) is 4.40. The van der Waals surface area contributed by atoms with Crippen molar-refractivity contribution in [3.8, 4) is 0 Å². The van der Waals surface area contributed by atoms with Crippen molar-refractivity contribution in [2.75, 3.05) is 5.32 Å². The van der Waals surface area contributed by atoms with E-state index in [1.807, 2.05) is 45.0 Å². The van der Waals surface area contributed by atoms with Gasteiger partial charge in [-0.25, -0.2) is 0 Å². The molecule has 1 aromatic carbocycles. The van der Waals surface area contributed by atoms with Crippen LogP contribution >= 0.6 is 0 Å². The van der Waals surface area contributed by atoms with E-state index in [0.29, 0.717) is 0 Å². The smallest absolute Gasteiger partial charge is 0.242 e. The van der Waals surface area contributed by atoms with E-state index in [2.05, 4.69) is 17.6 Å². The molecule has 0 aliphatic rings. The van der Waals surface area contributed by atoms with E-state index in [1.165, 1.54) is 0 Å². The summed E-state index contributed by atoms with van der Waals surface area (Å²) in [5.41, 5.74) is 2.17. The Bertz CT molecular complexity index is 390. The molecule has 0 aliphatic heterocycles. The fourth-order valence-corrected chi connectivity index (χ4v) is 1.91. The number of nitrogens with one attached hydrogen (secondary N) is 2. The zero-order valence-electron chi connectivity index (χ0n) is 11.8. The fourth-order valence-electron chi connectivity index (χ4n) is 1.91. The molecule has 0 saturated heterocycles. The van der Waals surface area contributed by atoms with Gasteiger partial charge in [0, 0.05) is 11.7 Å². The summed E-state index contributed by atoms with van der Waals surface area (Å²) in [4.78, 5) is 12.0. The van der Waals surface area contributed by atoms with Gasteiger partial charge >= 0.3 is 0 Å². The molecule has 3 heteroatoms. The minimum Gasteiger partial charge on any atom is -0.374 e. The number of hydrogen-bond acceptors (Lipinski definition) is 2. The lowest BCUT2D eigenvalue weighted by atomic mass is 10.1. The highest BCUT2D eigenvalue weighted by Crippen LogP contribution is 2.14. The number of benzene rings is 1. The van der Waals surface area contributed by atoms with Crippen LogP contribution in [0.1, 0.15) is 39.2 Å². The van der Waals surface area contributed by atoms with E-state index in [1.54, 1.807) is 0 Å². The SMILES string of the molecule is CCCC(C)NC(=O)C(C)Nc1ccccc1C. The van der Waals surface area contributed by atoms with Crippen LogP contribution in [0.3, 0.4) is 0 Å². The summed E-state index contributed by atoms with van der Waals surface area (Å²) >= 11 is 0. The Hall–Kier alpha value is -1.51. The number of hydrogen-bond donors (Lipinski definition) is 2. The van der Waals surface area contributed by atoms with Gasteiger partial charge in [0.05, 0.1) is 0 Å². The second-order valence-corrected chi connectivity index (χ2v) is 4.88. The zero-order chi connectivity index (χ0) is 13.5. The Morgan fingerprint density at radius 3 is 2.56 bits per heavy atom. The molecule has 18 heavy (non-hydrogen) atoms. The third-order valence-electron chi connectivity index (χ3n) is 3.02. The van der Waals surface area contributed by atoms with Gasteiger partial charge in [0.2, 0.25) is 5.91 Å². The van der Waals surface area contributed by atoms with Crippen LogP contribution in [0.2, 0.25) is 0 Å². The van der Waals surface area contributed by atoms with Gasteiger partial charge in [-0.2, -0.15) is 0 Å². The number of amides is 1. The van der Waals surface area contributed by atoms with Crippen molar-refractivity contribution in [3.05, 3.63) is 29.8 Å². The fraction of sp³-hybridized carbons (Fsp3) is 0.533. The normalized spacial score (nSPS) is 13.8. The van der Waals surface area contributed by atoms with Gasteiger partial charge in [0.1, 0.15) is 6.04 Å². The molecule has 100 valence electrons. The third-order valence-corrected chi connectivity index (χ3v) is 3.02. The molecule has 2 N–H and O–H groups in total. The molecule has 0 fully saturated rings. The van der Waals surface area contributed by atoms with Gasteiger partial charge in [-0.3, -0.25) is 4.79 Å². The molecule has 0 saturated carbocycles. The average molecular weight is 248 g/mol. The Morgan fingerprint density at radius 1 is 1.28 bits per heavy atom. The number of carbonyl (C=O) groups is 1. The van der Waals surface area contributed by atoms with Crippen molar-refractivity contribution in [1.82, 2.24) is 5.32 Å². The molecule has 0 radical (unpaired) electrons. The summed E-state index contributed by atoms with van der Waals surface area (Å²) in [6, 6.07) is 8.02. The number of anilines is 1. The highest BCUT2D eigenvalue weighted by Gasteiger charge is 2.15. The molecule has 0 aromatic heterocycles. The monoisotopic (exact) mass is 248 g/mol. The number of carbonyl (C=O) groups excluding carboxylic acids is 1. The predicted molar refractivity (Wildman–Crippen MR) is 76.8 cm³/mol. The number of para-hydroxylation sites is 1. The molecule has 2 unspecified atom stereocenters. The van der Waals surface area contributed by atoms with E-state index >= 15 is 0 Å². The van der Waals surface area contributed by atoms with Crippen LogP contribution in [0.5, 0.6) is 0 Å². The molecule has 1 amide bonds. The van der Waals surface area contributed by atoms with E-state index in [9.17, 15) is 4.79 Å². The van der Waals surface area contributed by atoms with Crippen LogP contribution in [0.15, 0.2) is 24.3 Å². The second kappa shape index (κ2) is 7.04. The minimum atomic E-state index is -0.217. The second-order valence-electron chi connectivity index (χ2n) is 4.88. The molecule has 1 aromatic rings. The van der Waals surface area contributed by atoms with Crippen molar-refractivity contribution in [2.45, 2.75) is 52.6 Å². The predicted octanol–water partition coefficient (Wildman–Crippen LogP) is 3.10. The molecule has 0 aliphatic carbocycles. The van der Waals surface area contributed by atoms with Crippen molar-refractivity contribution in [1.29, 1.82) is 0 Å². The maximum absolute atomic E-state index is 12.0. The van der Waals surface area contributed by atoms with Crippen LogP contribution < -0.4 is 10.6 Å². The average Bonchev–Trinajstić information content (AvgIpc) is 2.32. The molecular formula is C15H24N2O. The molecule has 0 spiro atoms. The maximum atomic E-state index is 12.0. The van der Waals surface area contributed by atoms with Crippen LogP contribution in [0, 0.1) is 6.92 Å². The lowest BCUT2D eigenvalue weighted by Crippen LogP contribution is -2.42. The highest BCUT2D eigenvalue weighted by atomic mass is 16.2. The molecule has 1 rings (SSSR count). The number of aryl methyl sites for hydroxylation is 1. The molecular weight excluding hydrogens is 224 g/mol. The van der Waals surface area contributed by atoms with Crippen LogP contribution in [0.25, 0.3) is 0 Å². The molecule has 3 nitrogen and oxygen atoms in total. The Balaban J connectivity index is 2.52. The van der Waals surface area contributed by atoms with Gasteiger partial charge in [0.25, 0.3) is 0 Å². The minimum absolute atomic E-state index is 0.0548. The molecule has 0 bridgehead atoms. The van der Waals surface area contributed by atoms with E-state index < -0.39 is 0 Å². The molecule has 0 heterocycles. The summed E-state index contributed by atoms with van der Waals surface area (Å²) in [6.45, 7) is 8.09. The van der Waals surface area contributed by atoms with Gasteiger partial charge in [0.15, 0.2) is 0 Å².